The first kappa shape index (κ1) is 31.1. The molecule has 0 aliphatic heterocycles. The summed E-state index contributed by atoms with van der Waals surface area (Å²) < 4.78 is 46.2. The molecule has 0 saturated carbocycles. The quantitative estimate of drug-likeness (QED) is 0.158. The van der Waals surface area contributed by atoms with Gasteiger partial charge in [-0.3, -0.25) is 0 Å². The lowest BCUT2D eigenvalue weighted by Crippen LogP contribution is -2.38. The molecule has 4 aromatic carbocycles. The Hall–Kier alpha value is -4.34. The van der Waals surface area contributed by atoms with Crippen molar-refractivity contribution in [2.45, 2.75) is 49.6 Å². The molecule has 2 N–H and O–H groups in total. The number of carbonyl (C=O) groups is 1. The first-order valence-corrected chi connectivity index (χ1v) is 16.0. The highest BCUT2D eigenvalue weighted by molar-refractivity contribution is 7.89. The number of aldehydes is 1. The summed E-state index contributed by atoms with van der Waals surface area (Å²) in [5.41, 5.74) is 10.7. The van der Waals surface area contributed by atoms with Gasteiger partial charge in [-0.2, -0.15) is 4.31 Å². The molecule has 0 aromatic heterocycles. The predicted octanol–water partition coefficient (Wildman–Crippen LogP) is 5.84. The smallest absolute Gasteiger partial charge is 0.243 e. The fraction of sp³-hybridized carbons (Fsp3) is 0.286. The van der Waals surface area contributed by atoms with E-state index in [2.05, 4.69) is 6.07 Å². The number of fused-ring (bicyclic) bond motifs is 1. The van der Waals surface area contributed by atoms with E-state index in [1.165, 1.54) is 16.4 Å². The van der Waals surface area contributed by atoms with Crippen LogP contribution in [0.4, 0.5) is 5.69 Å². The average Bonchev–Trinajstić information content (AvgIpc) is 3.04. The zero-order chi connectivity index (χ0) is 31.3. The molecular formula is C35H38N2O6S. The fourth-order valence-corrected chi connectivity index (χ4v) is 7.17. The maximum atomic E-state index is 14.1. The van der Waals surface area contributed by atoms with Gasteiger partial charge < -0.3 is 24.7 Å². The van der Waals surface area contributed by atoms with E-state index in [1.807, 2.05) is 43.3 Å². The van der Waals surface area contributed by atoms with Crippen LogP contribution < -0.4 is 19.9 Å². The number of anilines is 1. The highest BCUT2D eigenvalue weighted by Crippen LogP contribution is 2.38. The van der Waals surface area contributed by atoms with E-state index in [-0.39, 0.29) is 30.3 Å². The van der Waals surface area contributed by atoms with Gasteiger partial charge in [-0.05, 0) is 90.9 Å². The summed E-state index contributed by atoms with van der Waals surface area (Å²) in [7, 11) is -0.817. The highest BCUT2D eigenvalue weighted by Gasteiger charge is 2.37. The van der Waals surface area contributed by atoms with Crippen LogP contribution in [0.2, 0.25) is 0 Å². The summed E-state index contributed by atoms with van der Waals surface area (Å²) in [4.78, 5) is 12.5. The van der Waals surface area contributed by atoms with Crippen LogP contribution in [0.3, 0.4) is 0 Å². The van der Waals surface area contributed by atoms with E-state index in [0.717, 1.165) is 46.9 Å². The second-order valence-corrected chi connectivity index (χ2v) is 13.2. The van der Waals surface area contributed by atoms with Gasteiger partial charge >= 0.3 is 0 Å². The number of nitrogen functional groups attached to an aromatic ring is 1. The molecule has 1 atom stereocenters. The molecular weight excluding hydrogens is 576 g/mol. The van der Waals surface area contributed by atoms with Gasteiger partial charge in [0.05, 0.1) is 30.2 Å². The van der Waals surface area contributed by atoms with Crippen LogP contribution in [0, 0.1) is 6.92 Å². The topological polar surface area (TPSA) is 108 Å². The monoisotopic (exact) mass is 614 g/mol. The van der Waals surface area contributed by atoms with Crippen LogP contribution >= 0.6 is 0 Å². The van der Waals surface area contributed by atoms with Crippen molar-refractivity contribution in [3.05, 3.63) is 113 Å². The van der Waals surface area contributed by atoms with Crippen LogP contribution in [0.25, 0.3) is 0 Å². The highest BCUT2D eigenvalue weighted by atomic mass is 32.2. The summed E-state index contributed by atoms with van der Waals surface area (Å²) in [6, 6.07) is 25.2. The number of methoxy groups -OCH3 is 2. The van der Waals surface area contributed by atoms with Crippen molar-refractivity contribution in [1.29, 1.82) is 0 Å². The molecule has 0 amide bonds. The van der Waals surface area contributed by atoms with Crippen LogP contribution in [0.1, 0.15) is 40.7 Å². The van der Waals surface area contributed by atoms with Gasteiger partial charge in [0.2, 0.25) is 10.0 Å². The normalized spacial score (nSPS) is 16.3. The van der Waals surface area contributed by atoms with Gasteiger partial charge in [0.25, 0.3) is 0 Å². The predicted molar refractivity (Wildman–Crippen MR) is 171 cm³/mol. The molecule has 5 rings (SSSR count). The zero-order valence-corrected chi connectivity index (χ0v) is 26.1. The lowest BCUT2D eigenvalue weighted by atomic mass is 9.71. The molecule has 0 fully saturated rings. The van der Waals surface area contributed by atoms with E-state index in [0.29, 0.717) is 23.7 Å². The molecule has 0 heterocycles. The number of nitrogens with zero attached hydrogens (tertiary/aromatic N) is 1. The van der Waals surface area contributed by atoms with Crippen molar-refractivity contribution in [1.82, 2.24) is 4.31 Å². The van der Waals surface area contributed by atoms with Crippen molar-refractivity contribution in [2.24, 2.45) is 0 Å². The molecule has 0 spiro atoms. The molecule has 0 saturated heterocycles. The number of ether oxygens (including phenoxy) is 3. The van der Waals surface area contributed by atoms with E-state index in [9.17, 15) is 13.2 Å². The fourth-order valence-electron chi connectivity index (χ4n) is 5.72. The number of benzene rings is 4. The van der Waals surface area contributed by atoms with Gasteiger partial charge in [-0.1, -0.05) is 48.0 Å². The maximum Gasteiger partial charge on any atom is 0.243 e. The van der Waals surface area contributed by atoms with Crippen LogP contribution in [0.5, 0.6) is 17.2 Å². The van der Waals surface area contributed by atoms with E-state index < -0.39 is 15.4 Å². The third kappa shape index (κ3) is 6.59. The lowest BCUT2D eigenvalue weighted by Gasteiger charge is -2.34. The second kappa shape index (κ2) is 13.1. The number of hydrogen-bond acceptors (Lipinski definition) is 7. The average molecular weight is 615 g/mol. The van der Waals surface area contributed by atoms with Gasteiger partial charge in [-0.25, -0.2) is 8.42 Å². The van der Waals surface area contributed by atoms with Gasteiger partial charge in [-0.15, -0.1) is 0 Å². The molecule has 1 aliphatic carbocycles. The molecule has 44 heavy (non-hydrogen) atoms. The summed E-state index contributed by atoms with van der Waals surface area (Å²) in [5, 5.41) is 0. The van der Waals surface area contributed by atoms with Crippen molar-refractivity contribution in [2.75, 3.05) is 26.6 Å². The van der Waals surface area contributed by atoms with Crippen molar-refractivity contribution >= 4 is 22.0 Å². The summed E-state index contributed by atoms with van der Waals surface area (Å²) in [6.07, 6.45) is 3.45. The van der Waals surface area contributed by atoms with Crippen LogP contribution in [-0.2, 0) is 39.7 Å². The number of rotatable bonds is 12. The Labute approximate surface area is 259 Å². The minimum atomic E-state index is -3.99. The third-order valence-electron chi connectivity index (χ3n) is 8.23. The molecule has 230 valence electrons. The van der Waals surface area contributed by atoms with Gasteiger partial charge in [0.1, 0.15) is 30.1 Å². The Morgan fingerprint density at radius 1 is 0.864 bits per heavy atom. The Kier molecular flexibility index (Phi) is 9.27. The Balaban J connectivity index is 1.40. The number of nitrogens with two attached hydrogens (primary N) is 1. The summed E-state index contributed by atoms with van der Waals surface area (Å²) in [6.45, 7) is 2.43. The second-order valence-electron chi connectivity index (χ2n) is 11.2. The molecule has 8 nitrogen and oxygen atoms in total. The van der Waals surface area contributed by atoms with Gasteiger partial charge in [0.15, 0.2) is 0 Å². The lowest BCUT2D eigenvalue weighted by molar-refractivity contribution is -0.114. The van der Waals surface area contributed by atoms with Crippen LogP contribution in [-0.4, -0.2) is 39.8 Å². The van der Waals surface area contributed by atoms with Crippen molar-refractivity contribution < 1.29 is 27.4 Å². The summed E-state index contributed by atoms with van der Waals surface area (Å²) >= 11 is 0. The minimum Gasteiger partial charge on any atom is -0.497 e. The standard InChI is InChI=1S/C35H38N2O6S/c1-25-6-16-32-28(19-25)5-4-18-35(32,23-38)24-43-34-17-15-31(20-33(34)36)44(39,40)37(21-26-7-11-29(41-2)12-8-26)22-27-9-13-30(42-3)14-10-27/h6-17,19-20,23H,4-5,18,21-22,24,36H2,1-3H3/t35-/m0/s1. The van der Waals surface area contributed by atoms with Crippen molar-refractivity contribution in [3.8, 4) is 17.2 Å². The molecule has 0 radical (unpaired) electrons. The van der Waals surface area contributed by atoms with Crippen molar-refractivity contribution in [3.63, 3.8) is 0 Å². The number of sulfonamides is 1. The Morgan fingerprint density at radius 2 is 1.48 bits per heavy atom. The molecule has 0 bridgehead atoms. The third-order valence-corrected chi connectivity index (χ3v) is 10.0. The zero-order valence-electron chi connectivity index (χ0n) is 25.3. The van der Waals surface area contributed by atoms with E-state index in [4.69, 9.17) is 19.9 Å². The Bertz CT molecular complexity index is 1670. The number of hydrogen-bond donors (Lipinski definition) is 1. The SMILES string of the molecule is COc1ccc(CN(Cc2ccc(OC)cc2)S(=O)(=O)c2ccc(OC[C@@]3(C=O)CCCc4cc(C)ccc43)c(N)c2)cc1. The van der Waals surface area contributed by atoms with E-state index >= 15 is 0 Å². The first-order valence-electron chi connectivity index (χ1n) is 14.5. The number of aryl methyl sites for hydroxylation is 2. The van der Waals surface area contributed by atoms with Crippen LogP contribution in [0.15, 0.2) is 89.8 Å². The molecule has 0 unspecified atom stereocenters. The maximum absolute atomic E-state index is 14.1. The van der Waals surface area contributed by atoms with Gasteiger partial charge in [0, 0.05) is 13.1 Å². The summed E-state index contributed by atoms with van der Waals surface area (Å²) in [5.74, 6) is 1.70. The minimum absolute atomic E-state index is 0.0490. The number of carbonyl (C=O) groups excluding carboxylic acids is 1. The Morgan fingerprint density at radius 3 is 2.02 bits per heavy atom. The molecule has 9 heteroatoms. The largest absolute Gasteiger partial charge is 0.497 e. The first-order chi connectivity index (χ1) is 21.2. The molecule has 1 aliphatic rings. The molecule has 4 aromatic rings. The van der Waals surface area contributed by atoms with E-state index in [1.54, 1.807) is 44.6 Å².